The van der Waals surface area contributed by atoms with E-state index < -0.39 is 17.8 Å². The molecule has 4 amide bonds. The number of fused-ring (bicyclic) bond motifs is 1. The van der Waals surface area contributed by atoms with Gasteiger partial charge in [-0.25, -0.2) is 9.69 Å². The molecule has 0 bridgehead atoms. The Kier molecular flexibility index (Phi) is 5.48. The number of carbonyl (C=O) groups is 3. The molecule has 0 spiro atoms. The van der Waals surface area contributed by atoms with Crippen LogP contribution in [0.25, 0.3) is 6.08 Å². The van der Waals surface area contributed by atoms with E-state index in [-0.39, 0.29) is 18.1 Å². The number of rotatable bonds is 6. The SMILES string of the molecule is CCOc1cc2c(cc1/C=C1\C(=O)NC(=O)N(c3ccccc3OCC)C1=O)OCO2. The average molecular weight is 424 g/mol. The summed E-state index contributed by atoms with van der Waals surface area (Å²) in [6.45, 7) is 4.38. The molecule has 2 aromatic rings. The van der Waals surface area contributed by atoms with E-state index in [2.05, 4.69) is 5.32 Å². The molecule has 2 aromatic carbocycles. The van der Waals surface area contributed by atoms with Crippen molar-refractivity contribution in [3.63, 3.8) is 0 Å². The Bertz CT molecular complexity index is 1090. The monoisotopic (exact) mass is 424 g/mol. The molecule has 0 unspecified atom stereocenters. The van der Waals surface area contributed by atoms with Crippen molar-refractivity contribution in [2.24, 2.45) is 0 Å². The van der Waals surface area contributed by atoms with Gasteiger partial charge in [-0.15, -0.1) is 0 Å². The normalized spacial score (nSPS) is 16.5. The predicted octanol–water partition coefficient (Wildman–Crippen LogP) is 2.88. The lowest BCUT2D eigenvalue weighted by Gasteiger charge is -2.27. The largest absolute Gasteiger partial charge is 0.493 e. The van der Waals surface area contributed by atoms with E-state index >= 15 is 0 Å². The molecule has 0 aliphatic carbocycles. The zero-order valence-corrected chi connectivity index (χ0v) is 17.0. The standard InChI is InChI=1S/C22H20N2O7/c1-3-28-16-8-6-5-7-15(16)24-21(26)14(20(25)23-22(24)27)9-13-10-18-19(31-12-30-18)11-17(13)29-4-2/h5-11H,3-4,12H2,1-2H3,(H,23,25,27)/b14-9+. The molecule has 0 radical (unpaired) electrons. The number of carbonyl (C=O) groups excluding carboxylic acids is 3. The molecule has 9 heteroatoms. The first-order valence-electron chi connectivity index (χ1n) is 9.73. The molecular weight excluding hydrogens is 404 g/mol. The van der Waals surface area contributed by atoms with Gasteiger partial charge in [-0.3, -0.25) is 14.9 Å². The van der Waals surface area contributed by atoms with Crippen molar-refractivity contribution in [2.45, 2.75) is 13.8 Å². The highest BCUT2D eigenvalue weighted by atomic mass is 16.7. The summed E-state index contributed by atoms with van der Waals surface area (Å²) >= 11 is 0. The second-order valence-corrected chi connectivity index (χ2v) is 6.53. The van der Waals surface area contributed by atoms with Crippen molar-refractivity contribution < 1.29 is 33.3 Å². The van der Waals surface area contributed by atoms with Crippen LogP contribution in [0.2, 0.25) is 0 Å². The molecule has 2 aliphatic rings. The highest BCUT2D eigenvalue weighted by Crippen LogP contribution is 2.39. The summed E-state index contributed by atoms with van der Waals surface area (Å²) in [4.78, 5) is 39.2. The van der Waals surface area contributed by atoms with Crippen LogP contribution < -0.4 is 29.2 Å². The third kappa shape index (κ3) is 3.77. The van der Waals surface area contributed by atoms with Gasteiger partial charge in [-0.2, -0.15) is 0 Å². The lowest BCUT2D eigenvalue weighted by atomic mass is 10.1. The quantitative estimate of drug-likeness (QED) is 0.562. The fraction of sp³-hybridized carbons (Fsp3) is 0.227. The maximum Gasteiger partial charge on any atom is 0.336 e. The Hall–Kier alpha value is -4.01. The Morgan fingerprint density at radius 3 is 2.42 bits per heavy atom. The molecule has 2 heterocycles. The van der Waals surface area contributed by atoms with Crippen molar-refractivity contribution in [3.05, 3.63) is 47.5 Å². The van der Waals surface area contributed by atoms with E-state index in [9.17, 15) is 14.4 Å². The lowest BCUT2D eigenvalue weighted by molar-refractivity contribution is -0.122. The van der Waals surface area contributed by atoms with Crippen LogP contribution in [-0.2, 0) is 9.59 Å². The number of anilines is 1. The van der Waals surface area contributed by atoms with Crippen LogP contribution >= 0.6 is 0 Å². The second-order valence-electron chi connectivity index (χ2n) is 6.53. The number of barbiturate groups is 1. The number of amides is 4. The molecule has 31 heavy (non-hydrogen) atoms. The number of hydrogen-bond donors (Lipinski definition) is 1. The first-order valence-corrected chi connectivity index (χ1v) is 9.73. The predicted molar refractivity (Wildman–Crippen MR) is 110 cm³/mol. The minimum Gasteiger partial charge on any atom is -0.493 e. The van der Waals surface area contributed by atoms with Gasteiger partial charge in [0.1, 0.15) is 17.1 Å². The summed E-state index contributed by atoms with van der Waals surface area (Å²) < 4.78 is 21.9. The minimum absolute atomic E-state index is 0.0663. The lowest BCUT2D eigenvalue weighted by Crippen LogP contribution is -2.54. The summed E-state index contributed by atoms with van der Waals surface area (Å²) in [6.07, 6.45) is 1.37. The van der Waals surface area contributed by atoms with E-state index in [0.717, 1.165) is 4.90 Å². The van der Waals surface area contributed by atoms with E-state index in [1.165, 1.54) is 6.08 Å². The zero-order chi connectivity index (χ0) is 22.0. The third-order valence-electron chi connectivity index (χ3n) is 4.61. The van der Waals surface area contributed by atoms with Crippen LogP contribution in [0.5, 0.6) is 23.0 Å². The van der Waals surface area contributed by atoms with Gasteiger partial charge in [0.2, 0.25) is 6.79 Å². The van der Waals surface area contributed by atoms with Crippen LogP contribution in [0.15, 0.2) is 42.0 Å². The van der Waals surface area contributed by atoms with Gasteiger partial charge in [-0.1, -0.05) is 12.1 Å². The van der Waals surface area contributed by atoms with Crippen LogP contribution in [0.1, 0.15) is 19.4 Å². The highest BCUT2D eigenvalue weighted by molar-refractivity contribution is 6.39. The maximum atomic E-state index is 13.2. The Morgan fingerprint density at radius 2 is 1.68 bits per heavy atom. The molecule has 1 N–H and O–H groups in total. The number of para-hydroxylation sites is 2. The zero-order valence-electron chi connectivity index (χ0n) is 17.0. The topological polar surface area (TPSA) is 103 Å². The van der Waals surface area contributed by atoms with Crippen molar-refractivity contribution in [1.82, 2.24) is 5.32 Å². The van der Waals surface area contributed by atoms with E-state index in [1.54, 1.807) is 43.3 Å². The molecule has 0 saturated carbocycles. The fourth-order valence-electron chi connectivity index (χ4n) is 3.28. The van der Waals surface area contributed by atoms with Crippen LogP contribution in [-0.4, -0.2) is 37.9 Å². The number of benzene rings is 2. The molecule has 4 rings (SSSR count). The number of nitrogens with one attached hydrogen (secondary N) is 1. The van der Waals surface area contributed by atoms with Gasteiger partial charge in [0, 0.05) is 11.6 Å². The van der Waals surface area contributed by atoms with Crippen molar-refractivity contribution in [2.75, 3.05) is 24.9 Å². The van der Waals surface area contributed by atoms with Crippen LogP contribution in [0.4, 0.5) is 10.5 Å². The second kappa shape index (κ2) is 8.39. The van der Waals surface area contributed by atoms with Gasteiger partial charge < -0.3 is 18.9 Å². The highest BCUT2D eigenvalue weighted by Gasteiger charge is 2.38. The Balaban J connectivity index is 1.77. The maximum absolute atomic E-state index is 13.2. The summed E-state index contributed by atoms with van der Waals surface area (Å²) in [5.74, 6) is 0.153. The van der Waals surface area contributed by atoms with Crippen molar-refractivity contribution in [3.8, 4) is 23.0 Å². The number of hydrogen-bond acceptors (Lipinski definition) is 7. The third-order valence-corrected chi connectivity index (χ3v) is 4.61. The average Bonchev–Trinajstić information content (AvgIpc) is 3.20. The van der Waals surface area contributed by atoms with Gasteiger partial charge in [0.25, 0.3) is 11.8 Å². The molecule has 160 valence electrons. The van der Waals surface area contributed by atoms with Crippen molar-refractivity contribution >= 4 is 29.6 Å². The van der Waals surface area contributed by atoms with Gasteiger partial charge in [-0.05, 0) is 38.1 Å². The Morgan fingerprint density at radius 1 is 1.00 bits per heavy atom. The number of nitrogens with zero attached hydrogens (tertiary/aromatic N) is 1. The van der Waals surface area contributed by atoms with Crippen LogP contribution in [0, 0.1) is 0 Å². The van der Waals surface area contributed by atoms with E-state index in [1.807, 2.05) is 6.92 Å². The molecule has 0 atom stereocenters. The number of ether oxygens (including phenoxy) is 4. The molecule has 1 saturated heterocycles. The number of urea groups is 1. The minimum atomic E-state index is -0.852. The molecule has 9 nitrogen and oxygen atoms in total. The van der Waals surface area contributed by atoms with Crippen LogP contribution in [0.3, 0.4) is 0 Å². The molecular formula is C22H20N2O7. The van der Waals surface area contributed by atoms with Gasteiger partial charge in [0.05, 0.1) is 18.9 Å². The first kappa shape index (κ1) is 20.3. The molecule has 2 aliphatic heterocycles. The summed E-state index contributed by atoms with van der Waals surface area (Å²) in [5, 5.41) is 2.21. The van der Waals surface area contributed by atoms with E-state index in [0.29, 0.717) is 41.8 Å². The first-order chi connectivity index (χ1) is 15.0. The molecule has 0 aromatic heterocycles. The molecule has 1 fully saturated rings. The Labute approximate surface area is 178 Å². The smallest absolute Gasteiger partial charge is 0.336 e. The van der Waals surface area contributed by atoms with Crippen molar-refractivity contribution in [1.29, 1.82) is 0 Å². The fourth-order valence-corrected chi connectivity index (χ4v) is 3.28. The summed E-state index contributed by atoms with van der Waals surface area (Å²) in [7, 11) is 0. The number of imide groups is 2. The summed E-state index contributed by atoms with van der Waals surface area (Å²) in [6, 6.07) is 9.02. The van der Waals surface area contributed by atoms with Gasteiger partial charge in [0.15, 0.2) is 11.5 Å². The van der Waals surface area contributed by atoms with E-state index in [4.69, 9.17) is 18.9 Å². The van der Waals surface area contributed by atoms with Gasteiger partial charge >= 0.3 is 6.03 Å². The summed E-state index contributed by atoms with van der Waals surface area (Å²) in [5.41, 5.74) is 0.448.